The normalized spacial score (nSPS) is 10.2. The van der Waals surface area contributed by atoms with E-state index in [4.69, 9.17) is 16.0 Å². The highest BCUT2D eigenvalue weighted by Gasteiger charge is 2.13. The van der Waals surface area contributed by atoms with Crippen LogP contribution in [0.2, 0.25) is 5.02 Å². The third-order valence-corrected chi connectivity index (χ3v) is 4.35. The van der Waals surface area contributed by atoms with Crippen molar-refractivity contribution in [1.82, 2.24) is 0 Å². The third-order valence-electron chi connectivity index (χ3n) is 3.25. The first-order chi connectivity index (χ1) is 11.6. The van der Waals surface area contributed by atoms with Crippen LogP contribution in [0.25, 0.3) is 21.4 Å². The molecule has 0 atom stereocenters. The van der Waals surface area contributed by atoms with Crippen molar-refractivity contribution in [2.45, 2.75) is 0 Å². The van der Waals surface area contributed by atoms with Crippen molar-refractivity contribution in [3.8, 4) is 16.9 Å². The van der Waals surface area contributed by atoms with Crippen LogP contribution >= 0.6 is 22.9 Å². The summed E-state index contributed by atoms with van der Waals surface area (Å²) in [5.41, 5.74) is 1.80. The number of halogens is 1. The van der Waals surface area contributed by atoms with Gasteiger partial charge in [0, 0.05) is 22.2 Å². The van der Waals surface area contributed by atoms with Crippen LogP contribution in [0.15, 0.2) is 82.0 Å². The Kier molecular flexibility index (Phi) is 4.99. The van der Waals surface area contributed by atoms with E-state index in [0.29, 0.717) is 20.9 Å². The van der Waals surface area contributed by atoms with E-state index in [0.717, 1.165) is 16.9 Å². The number of phenolic OH excluding ortho intramolecular Hbond substituents is 1. The summed E-state index contributed by atoms with van der Waals surface area (Å²) in [4.78, 5) is 10.9. The molecule has 120 valence electrons. The fourth-order valence-corrected chi connectivity index (χ4v) is 3.19. The molecule has 1 N–H and O–H groups in total. The minimum Gasteiger partial charge on any atom is -0.508 e. The van der Waals surface area contributed by atoms with Gasteiger partial charge in [0.2, 0.25) is 0 Å². The second-order valence-corrected chi connectivity index (χ2v) is 6.29. The van der Waals surface area contributed by atoms with Crippen LogP contribution in [0.4, 0.5) is 0 Å². The van der Waals surface area contributed by atoms with Crippen molar-refractivity contribution >= 4 is 33.2 Å². The zero-order valence-electron chi connectivity index (χ0n) is 12.5. The fraction of sp³-hybridized carbons (Fsp3) is 0. The Morgan fingerprint density at radius 3 is 2.12 bits per heavy atom. The predicted molar refractivity (Wildman–Crippen MR) is 98.9 cm³/mol. The first kappa shape index (κ1) is 16.3. The van der Waals surface area contributed by atoms with Crippen LogP contribution in [-0.4, -0.2) is 5.11 Å². The number of rotatable bonds is 1. The number of phenols is 1. The van der Waals surface area contributed by atoms with Gasteiger partial charge in [0.15, 0.2) is 5.58 Å². The Morgan fingerprint density at radius 2 is 1.50 bits per heavy atom. The number of benzene rings is 3. The lowest BCUT2D eigenvalue weighted by Crippen LogP contribution is -1.83. The molecule has 1 heterocycles. The topological polar surface area (TPSA) is 50.4 Å². The molecule has 1 aromatic heterocycles. The van der Waals surface area contributed by atoms with Gasteiger partial charge in [-0.2, -0.15) is 0 Å². The highest BCUT2D eigenvalue weighted by molar-refractivity contribution is 7.16. The molecule has 0 fully saturated rings. The largest absolute Gasteiger partial charge is 0.508 e. The summed E-state index contributed by atoms with van der Waals surface area (Å²) in [6.45, 7) is 0. The van der Waals surface area contributed by atoms with Gasteiger partial charge in [-0.05, 0) is 12.1 Å². The molecule has 4 aromatic rings. The quantitative estimate of drug-likeness (QED) is 0.485. The van der Waals surface area contributed by atoms with Crippen molar-refractivity contribution in [1.29, 1.82) is 0 Å². The SMILES string of the molecule is O=c1oc2c(-c3ccccc3Cl)cc(O)cc2s1.c1ccccc1. The summed E-state index contributed by atoms with van der Waals surface area (Å²) >= 11 is 7.08. The molecule has 0 amide bonds. The monoisotopic (exact) mass is 356 g/mol. The summed E-state index contributed by atoms with van der Waals surface area (Å²) < 4.78 is 5.76. The van der Waals surface area contributed by atoms with Gasteiger partial charge in [-0.15, -0.1) is 0 Å². The molecule has 5 heteroatoms. The summed E-state index contributed by atoms with van der Waals surface area (Å²) in [5.74, 6) is 0.0782. The average Bonchev–Trinajstić information content (AvgIpc) is 2.97. The third kappa shape index (κ3) is 3.67. The molecule has 0 aliphatic carbocycles. The van der Waals surface area contributed by atoms with Crippen LogP contribution < -0.4 is 4.94 Å². The molecule has 0 bridgehead atoms. The summed E-state index contributed by atoms with van der Waals surface area (Å²) in [6, 6.07) is 22.3. The predicted octanol–water partition coefficient (Wildman–Crippen LogP) is 5.57. The van der Waals surface area contributed by atoms with E-state index < -0.39 is 4.94 Å². The Morgan fingerprint density at radius 1 is 0.875 bits per heavy atom. The van der Waals surface area contributed by atoms with Gasteiger partial charge in [0.25, 0.3) is 0 Å². The molecule has 0 spiro atoms. The maximum absolute atomic E-state index is 11.3. The van der Waals surface area contributed by atoms with Gasteiger partial charge in [0.1, 0.15) is 5.75 Å². The van der Waals surface area contributed by atoms with Gasteiger partial charge in [-0.1, -0.05) is 77.5 Å². The highest BCUT2D eigenvalue weighted by Crippen LogP contribution is 2.36. The maximum Gasteiger partial charge on any atom is 0.396 e. The molecular weight excluding hydrogens is 344 g/mol. The summed E-state index contributed by atoms with van der Waals surface area (Å²) in [7, 11) is 0. The molecule has 0 aliphatic heterocycles. The van der Waals surface area contributed by atoms with Gasteiger partial charge < -0.3 is 9.52 Å². The van der Waals surface area contributed by atoms with Crippen LogP contribution in [-0.2, 0) is 0 Å². The van der Waals surface area contributed by atoms with E-state index in [2.05, 4.69) is 0 Å². The molecule has 0 saturated heterocycles. The molecule has 0 aliphatic rings. The van der Waals surface area contributed by atoms with Gasteiger partial charge in [-0.25, -0.2) is 4.79 Å². The minimum atomic E-state index is -0.399. The van der Waals surface area contributed by atoms with Crippen molar-refractivity contribution in [2.24, 2.45) is 0 Å². The lowest BCUT2D eigenvalue weighted by Gasteiger charge is -2.05. The maximum atomic E-state index is 11.3. The first-order valence-electron chi connectivity index (χ1n) is 7.17. The van der Waals surface area contributed by atoms with E-state index in [1.54, 1.807) is 12.1 Å². The lowest BCUT2D eigenvalue weighted by atomic mass is 10.0. The van der Waals surface area contributed by atoms with Crippen LogP contribution in [0.5, 0.6) is 5.75 Å². The fourth-order valence-electron chi connectivity index (χ4n) is 2.23. The average molecular weight is 357 g/mol. The zero-order chi connectivity index (χ0) is 16.9. The molecule has 3 nitrogen and oxygen atoms in total. The Balaban J connectivity index is 0.000000238. The molecule has 4 rings (SSSR count). The number of hydrogen-bond acceptors (Lipinski definition) is 4. The van der Waals surface area contributed by atoms with E-state index in [-0.39, 0.29) is 5.75 Å². The van der Waals surface area contributed by atoms with Gasteiger partial charge >= 0.3 is 4.94 Å². The van der Waals surface area contributed by atoms with E-state index in [9.17, 15) is 9.90 Å². The van der Waals surface area contributed by atoms with Crippen LogP contribution in [0.3, 0.4) is 0 Å². The van der Waals surface area contributed by atoms with Crippen molar-refractivity contribution < 1.29 is 9.52 Å². The lowest BCUT2D eigenvalue weighted by molar-refractivity contribution is 0.476. The van der Waals surface area contributed by atoms with Crippen molar-refractivity contribution in [3.63, 3.8) is 0 Å². The van der Waals surface area contributed by atoms with Crippen molar-refractivity contribution in [2.75, 3.05) is 0 Å². The first-order valence-corrected chi connectivity index (χ1v) is 8.36. The molecular formula is C19H13ClO3S. The summed E-state index contributed by atoms with van der Waals surface area (Å²) in [6.07, 6.45) is 0. The molecule has 0 radical (unpaired) electrons. The zero-order valence-corrected chi connectivity index (χ0v) is 14.1. The highest BCUT2D eigenvalue weighted by atomic mass is 35.5. The second kappa shape index (κ2) is 7.34. The number of fused-ring (bicyclic) bond motifs is 1. The Labute approximate surface area is 147 Å². The number of hydrogen-bond donors (Lipinski definition) is 1. The Bertz CT molecular complexity index is 979. The molecule has 0 unspecified atom stereocenters. The summed E-state index contributed by atoms with van der Waals surface area (Å²) in [5, 5.41) is 10.2. The van der Waals surface area contributed by atoms with Gasteiger partial charge in [0.05, 0.1) is 4.70 Å². The van der Waals surface area contributed by atoms with Crippen LogP contribution in [0.1, 0.15) is 0 Å². The molecule has 3 aromatic carbocycles. The van der Waals surface area contributed by atoms with Crippen molar-refractivity contribution in [3.05, 3.63) is 87.6 Å². The molecule has 24 heavy (non-hydrogen) atoms. The van der Waals surface area contributed by atoms with Crippen LogP contribution in [0, 0.1) is 0 Å². The number of aromatic hydroxyl groups is 1. The standard InChI is InChI=1S/C13H7ClO3S.C6H6/c14-10-4-2-1-3-8(10)9-5-7(15)6-11-12(9)17-13(16)18-11;1-2-4-6-5-3-1/h1-6,15H;1-6H. The van der Waals surface area contributed by atoms with E-state index >= 15 is 0 Å². The minimum absolute atomic E-state index is 0.0782. The second-order valence-electron chi connectivity index (χ2n) is 4.91. The van der Waals surface area contributed by atoms with E-state index in [1.807, 2.05) is 54.6 Å². The Hall–Kier alpha value is -2.56. The van der Waals surface area contributed by atoms with Gasteiger partial charge in [-0.3, -0.25) is 0 Å². The molecule has 0 saturated carbocycles. The smallest absolute Gasteiger partial charge is 0.396 e. The van der Waals surface area contributed by atoms with E-state index in [1.165, 1.54) is 6.07 Å².